The number of nitrogens with zero attached hydrogens (tertiary/aromatic N) is 2. The van der Waals surface area contributed by atoms with Gasteiger partial charge in [-0.15, -0.1) is 0 Å². The largest absolute Gasteiger partial charge is 0.505 e. The van der Waals surface area contributed by atoms with Crippen molar-refractivity contribution in [2.45, 2.75) is 19.1 Å². The lowest BCUT2D eigenvalue weighted by atomic mass is 10.0. The highest BCUT2D eigenvalue weighted by Crippen LogP contribution is 2.29. The number of carbonyl (C=O) groups excluding carboxylic acids is 1. The molecule has 1 saturated heterocycles. The molecule has 1 aromatic heterocycles. The normalized spacial score (nSPS) is 21.6. The van der Waals surface area contributed by atoms with Crippen LogP contribution in [0, 0.1) is 0 Å². The molecule has 0 saturated carbocycles. The summed E-state index contributed by atoms with van der Waals surface area (Å²) < 4.78 is 5.71. The first kappa shape index (κ1) is 14.5. The van der Waals surface area contributed by atoms with E-state index in [2.05, 4.69) is 4.98 Å². The molecule has 2 heterocycles. The predicted octanol–water partition coefficient (Wildman–Crippen LogP) is 2.39. The zero-order valence-electron chi connectivity index (χ0n) is 12.3. The number of pyridine rings is 1. The Balaban J connectivity index is 1.94. The Morgan fingerprint density at radius 2 is 2.05 bits per heavy atom. The van der Waals surface area contributed by atoms with Gasteiger partial charge in [-0.3, -0.25) is 4.79 Å². The van der Waals surface area contributed by atoms with Crippen molar-refractivity contribution in [3.63, 3.8) is 0 Å². The van der Waals surface area contributed by atoms with Crippen LogP contribution in [0.5, 0.6) is 5.75 Å². The minimum absolute atomic E-state index is 0.0465. The van der Waals surface area contributed by atoms with Gasteiger partial charge in [0.25, 0.3) is 5.91 Å². The van der Waals surface area contributed by atoms with Gasteiger partial charge in [0.2, 0.25) is 0 Å². The van der Waals surface area contributed by atoms with E-state index >= 15 is 0 Å². The maximum absolute atomic E-state index is 12.8. The number of benzene rings is 1. The van der Waals surface area contributed by atoms with Crippen LogP contribution in [0.1, 0.15) is 29.0 Å². The van der Waals surface area contributed by atoms with Crippen molar-refractivity contribution < 1.29 is 14.6 Å². The Labute approximate surface area is 129 Å². The van der Waals surface area contributed by atoms with Crippen LogP contribution in [0.4, 0.5) is 0 Å². The number of aromatic hydroxyl groups is 1. The molecule has 22 heavy (non-hydrogen) atoms. The minimum atomic E-state index is -0.276. The SMILES string of the molecule is C[C@H]1CN(C(=O)c2ncccc2O)[C@H](c2ccccc2)CO1. The first-order chi connectivity index (χ1) is 10.7. The lowest BCUT2D eigenvalue weighted by molar-refractivity contribution is -0.0450. The number of amides is 1. The molecular weight excluding hydrogens is 280 g/mol. The van der Waals surface area contributed by atoms with Crippen molar-refractivity contribution >= 4 is 5.91 Å². The highest BCUT2D eigenvalue weighted by atomic mass is 16.5. The lowest BCUT2D eigenvalue weighted by Gasteiger charge is -2.38. The van der Waals surface area contributed by atoms with Crippen molar-refractivity contribution in [3.05, 3.63) is 59.9 Å². The fraction of sp³-hybridized carbons (Fsp3) is 0.294. The Kier molecular flexibility index (Phi) is 4.06. The summed E-state index contributed by atoms with van der Waals surface area (Å²) in [5.41, 5.74) is 1.09. The highest BCUT2D eigenvalue weighted by Gasteiger charge is 2.33. The summed E-state index contributed by atoms with van der Waals surface area (Å²) in [4.78, 5) is 18.5. The lowest BCUT2D eigenvalue weighted by Crippen LogP contribution is -2.47. The zero-order valence-corrected chi connectivity index (χ0v) is 12.3. The molecule has 1 aliphatic heterocycles. The average Bonchev–Trinajstić information content (AvgIpc) is 2.55. The van der Waals surface area contributed by atoms with Crippen molar-refractivity contribution in [3.8, 4) is 5.75 Å². The van der Waals surface area contributed by atoms with Crippen LogP contribution in [-0.2, 0) is 4.74 Å². The summed E-state index contributed by atoms with van der Waals surface area (Å²) in [5, 5.41) is 9.89. The molecule has 3 rings (SSSR count). The molecule has 1 fully saturated rings. The van der Waals surface area contributed by atoms with Gasteiger partial charge in [0, 0.05) is 12.7 Å². The minimum Gasteiger partial charge on any atom is -0.505 e. The fourth-order valence-corrected chi connectivity index (χ4v) is 2.68. The number of hydrogen-bond donors (Lipinski definition) is 1. The van der Waals surface area contributed by atoms with E-state index in [0.29, 0.717) is 13.2 Å². The van der Waals surface area contributed by atoms with E-state index in [0.717, 1.165) is 5.56 Å². The Bertz CT molecular complexity index is 660. The number of ether oxygens (including phenoxy) is 1. The monoisotopic (exact) mass is 298 g/mol. The average molecular weight is 298 g/mol. The molecule has 0 spiro atoms. The van der Waals surface area contributed by atoms with Crippen molar-refractivity contribution in [1.82, 2.24) is 9.88 Å². The summed E-state index contributed by atoms with van der Waals surface area (Å²) in [6.07, 6.45) is 1.46. The Morgan fingerprint density at radius 3 is 2.77 bits per heavy atom. The molecule has 5 heteroatoms. The maximum Gasteiger partial charge on any atom is 0.276 e. The Hall–Kier alpha value is -2.40. The summed E-state index contributed by atoms with van der Waals surface area (Å²) in [6.45, 7) is 2.83. The fourth-order valence-electron chi connectivity index (χ4n) is 2.68. The first-order valence-corrected chi connectivity index (χ1v) is 7.28. The van der Waals surface area contributed by atoms with Gasteiger partial charge in [-0.1, -0.05) is 30.3 Å². The molecule has 2 aromatic rings. The molecule has 1 amide bonds. The van der Waals surface area contributed by atoms with Gasteiger partial charge in [0.1, 0.15) is 5.75 Å². The van der Waals surface area contributed by atoms with Crippen LogP contribution in [0.25, 0.3) is 0 Å². The molecule has 1 aliphatic rings. The number of hydrogen-bond acceptors (Lipinski definition) is 4. The van der Waals surface area contributed by atoms with Gasteiger partial charge in [-0.05, 0) is 24.6 Å². The van der Waals surface area contributed by atoms with E-state index in [9.17, 15) is 9.90 Å². The van der Waals surface area contributed by atoms with Crippen molar-refractivity contribution in [2.75, 3.05) is 13.2 Å². The third-order valence-corrected chi connectivity index (χ3v) is 3.80. The van der Waals surface area contributed by atoms with Crippen molar-refractivity contribution in [1.29, 1.82) is 0 Å². The second-order valence-electron chi connectivity index (χ2n) is 5.40. The predicted molar refractivity (Wildman–Crippen MR) is 81.5 cm³/mol. The zero-order chi connectivity index (χ0) is 15.5. The molecule has 2 atom stereocenters. The van der Waals surface area contributed by atoms with Gasteiger partial charge in [0.15, 0.2) is 5.69 Å². The van der Waals surface area contributed by atoms with Gasteiger partial charge in [0.05, 0.1) is 18.8 Å². The molecular formula is C17H18N2O3. The topological polar surface area (TPSA) is 62.7 Å². The summed E-state index contributed by atoms with van der Waals surface area (Å²) >= 11 is 0. The van der Waals surface area contributed by atoms with Gasteiger partial charge < -0.3 is 14.7 Å². The van der Waals surface area contributed by atoms with E-state index in [-0.39, 0.29) is 29.5 Å². The number of aromatic nitrogens is 1. The molecule has 1 aromatic carbocycles. The van der Waals surface area contributed by atoms with Crippen LogP contribution in [0.15, 0.2) is 48.7 Å². The summed E-state index contributed by atoms with van der Waals surface area (Å²) in [5.74, 6) is -0.374. The second kappa shape index (κ2) is 6.15. The number of carbonyl (C=O) groups is 1. The highest BCUT2D eigenvalue weighted by molar-refractivity contribution is 5.95. The first-order valence-electron chi connectivity index (χ1n) is 7.28. The molecule has 114 valence electrons. The third-order valence-electron chi connectivity index (χ3n) is 3.80. The summed E-state index contributed by atoms with van der Waals surface area (Å²) in [7, 11) is 0. The standard InChI is InChI=1S/C17H18N2O3/c1-12-10-19(17(21)16-15(20)8-5-9-18-16)14(11-22-12)13-6-3-2-4-7-13/h2-9,12,14,20H,10-11H2,1H3/t12-,14-/m0/s1. The van der Waals surface area contributed by atoms with Crippen LogP contribution in [-0.4, -0.2) is 40.2 Å². The van der Waals surface area contributed by atoms with Gasteiger partial charge in [-0.2, -0.15) is 0 Å². The van der Waals surface area contributed by atoms with Gasteiger partial charge >= 0.3 is 0 Å². The van der Waals surface area contributed by atoms with E-state index < -0.39 is 0 Å². The second-order valence-corrected chi connectivity index (χ2v) is 5.40. The van der Waals surface area contributed by atoms with Crippen LogP contribution in [0.3, 0.4) is 0 Å². The van der Waals surface area contributed by atoms with Gasteiger partial charge in [-0.25, -0.2) is 4.98 Å². The maximum atomic E-state index is 12.8. The molecule has 0 unspecified atom stereocenters. The van der Waals surface area contributed by atoms with Crippen molar-refractivity contribution in [2.24, 2.45) is 0 Å². The third kappa shape index (κ3) is 2.80. The molecule has 0 radical (unpaired) electrons. The smallest absolute Gasteiger partial charge is 0.276 e. The van der Waals surface area contributed by atoms with E-state index in [1.807, 2.05) is 37.3 Å². The number of morpholine rings is 1. The van der Waals surface area contributed by atoms with E-state index in [1.165, 1.54) is 12.3 Å². The summed E-state index contributed by atoms with van der Waals surface area (Å²) in [6, 6.07) is 12.7. The quantitative estimate of drug-likeness (QED) is 0.924. The molecule has 0 aliphatic carbocycles. The molecule has 0 bridgehead atoms. The van der Waals surface area contributed by atoms with Crippen LogP contribution >= 0.6 is 0 Å². The van der Waals surface area contributed by atoms with E-state index in [1.54, 1.807) is 11.0 Å². The molecule has 1 N–H and O–H groups in total. The molecule has 5 nitrogen and oxygen atoms in total. The van der Waals surface area contributed by atoms with E-state index in [4.69, 9.17) is 4.74 Å². The van der Waals surface area contributed by atoms with Crippen LogP contribution in [0.2, 0.25) is 0 Å². The number of rotatable bonds is 2. The van der Waals surface area contributed by atoms with Crippen LogP contribution < -0.4 is 0 Å². The Morgan fingerprint density at radius 1 is 1.27 bits per heavy atom.